The van der Waals surface area contributed by atoms with Crippen molar-refractivity contribution in [3.05, 3.63) is 35.1 Å². The molecule has 0 aliphatic rings. The molecule has 0 unspecified atom stereocenters. The minimum absolute atomic E-state index is 0.253. The monoisotopic (exact) mass is 295 g/mol. The van der Waals surface area contributed by atoms with Crippen molar-refractivity contribution < 1.29 is 9.13 Å². The van der Waals surface area contributed by atoms with Crippen LogP contribution in [0.4, 0.5) is 4.39 Å². The average Bonchev–Trinajstić information content (AvgIpc) is 2.92. The van der Waals surface area contributed by atoms with Crippen molar-refractivity contribution in [3.63, 3.8) is 0 Å². The molecule has 6 heteroatoms. The molecule has 20 heavy (non-hydrogen) atoms. The van der Waals surface area contributed by atoms with Crippen LogP contribution in [0, 0.1) is 5.82 Å². The highest BCUT2D eigenvalue weighted by atomic mass is 32.1. The fraction of sp³-hybridized carbons (Fsp3) is 0.429. The first-order valence-corrected chi connectivity index (χ1v) is 7.40. The molecule has 0 aliphatic carbocycles. The molecular formula is C14H18FN3OS. The van der Waals surface area contributed by atoms with E-state index in [4.69, 9.17) is 4.74 Å². The van der Waals surface area contributed by atoms with E-state index in [1.54, 1.807) is 25.3 Å². The van der Waals surface area contributed by atoms with Crippen molar-refractivity contribution >= 4 is 11.3 Å². The molecule has 4 nitrogen and oxygen atoms in total. The molecule has 2 rings (SSSR count). The number of benzene rings is 1. The van der Waals surface area contributed by atoms with Crippen LogP contribution in [0.3, 0.4) is 0 Å². The lowest BCUT2D eigenvalue weighted by molar-refractivity contribution is 0.199. The third-order valence-corrected chi connectivity index (χ3v) is 3.81. The first-order valence-electron chi connectivity index (χ1n) is 6.58. The van der Waals surface area contributed by atoms with Crippen LogP contribution in [-0.4, -0.2) is 37.0 Å². The van der Waals surface area contributed by atoms with Gasteiger partial charge in [-0.1, -0.05) is 23.5 Å². The van der Waals surface area contributed by atoms with E-state index in [0.29, 0.717) is 10.6 Å². The van der Waals surface area contributed by atoms with Crippen LogP contribution in [0.1, 0.15) is 11.4 Å². The highest BCUT2D eigenvalue weighted by molar-refractivity contribution is 7.14. The third-order valence-electron chi connectivity index (χ3n) is 2.80. The molecular weight excluding hydrogens is 277 g/mol. The molecule has 0 radical (unpaired) electrons. The number of aryl methyl sites for hydroxylation is 1. The Morgan fingerprint density at radius 2 is 2.10 bits per heavy atom. The van der Waals surface area contributed by atoms with E-state index in [2.05, 4.69) is 15.5 Å². The predicted molar refractivity (Wildman–Crippen MR) is 78.4 cm³/mol. The number of halogens is 1. The van der Waals surface area contributed by atoms with E-state index in [1.165, 1.54) is 17.4 Å². The molecule has 0 aliphatic heterocycles. The molecule has 0 spiro atoms. The largest absolute Gasteiger partial charge is 0.383 e. The summed E-state index contributed by atoms with van der Waals surface area (Å²) in [5, 5.41) is 13.0. The third kappa shape index (κ3) is 4.33. The topological polar surface area (TPSA) is 47.0 Å². The van der Waals surface area contributed by atoms with Crippen LogP contribution < -0.4 is 5.32 Å². The van der Waals surface area contributed by atoms with Crippen molar-refractivity contribution in [1.29, 1.82) is 0 Å². The first kappa shape index (κ1) is 15.0. The van der Waals surface area contributed by atoms with Crippen LogP contribution >= 0.6 is 11.3 Å². The number of ether oxygens (including phenoxy) is 1. The van der Waals surface area contributed by atoms with Crippen molar-refractivity contribution in [2.24, 2.45) is 0 Å². The fourth-order valence-electron chi connectivity index (χ4n) is 1.76. The van der Waals surface area contributed by atoms with Gasteiger partial charge in [0.15, 0.2) is 5.01 Å². The second-order valence-corrected chi connectivity index (χ2v) is 5.39. The lowest BCUT2D eigenvalue weighted by atomic mass is 10.2. The van der Waals surface area contributed by atoms with Gasteiger partial charge in [-0.3, -0.25) is 0 Å². The Labute approximate surface area is 122 Å². The second-order valence-electron chi connectivity index (χ2n) is 4.33. The van der Waals surface area contributed by atoms with E-state index < -0.39 is 0 Å². The van der Waals surface area contributed by atoms with E-state index in [1.807, 2.05) is 0 Å². The Morgan fingerprint density at radius 3 is 2.90 bits per heavy atom. The molecule has 2 aromatic rings. The van der Waals surface area contributed by atoms with Gasteiger partial charge in [-0.15, -0.1) is 10.2 Å². The Balaban J connectivity index is 1.82. The molecule has 0 bridgehead atoms. The fourth-order valence-corrected chi connectivity index (χ4v) is 2.67. The number of rotatable bonds is 8. The van der Waals surface area contributed by atoms with Crippen molar-refractivity contribution in [1.82, 2.24) is 15.5 Å². The minimum atomic E-state index is -0.253. The maximum absolute atomic E-state index is 13.6. The second kappa shape index (κ2) is 8.04. The minimum Gasteiger partial charge on any atom is -0.383 e. The number of hydrogen-bond acceptors (Lipinski definition) is 5. The molecule has 0 saturated heterocycles. The maximum Gasteiger partial charge on any atom is 0.150 e. The molecule has 1 heterocycles. The van der Waals surface area contributed by atoms with Crippen molar-refractivity contribution in [2.75, 3.05) is 26.8 Å². The summed E-state index contributed by atoms with van der Waals surface area (Å²) in [7, 11) is 1.69. The lowest BCUT2D eigenvalue weighted by Gasteiger charge is -2.01. The zero-order valence-electron chi connectivity index (χ0n) is 11.4. The summed E-state index contributed by atoms with van der Waals surface area (Å²) in [6.45, 7) is 2.49. The molecule has 0 amide bonds. The molecule has 108 valence electrons. The summed E-state index contributed by atoms with van der Waals surface area (Å²) in [5.74, 6) is -0.253. The van der Waals surface area contributed by atoms with Gasteiger partial charge in [-0.05, 0) is 25.1 Å². The quantitative estimate of drug-likeness (QED) is 0.760. The van der Waals surface area contributed by atoms with Gasteiger partial charge in [0.1, 0.15) is 10.8 Å². The van der Waals surface area contributed by atoms with Gasteiger partial charge in [-0.25, -0.2) is 4.39 Å². The Morgan fingerprint density at radius 1 is 1.25 bits per heavy atom. The van der Waals surface area contributed by atoms with Crippen LogP contribution in [-0.2, 0) is 11.2 Å². The predicted octanol–water partition coefficient (Wildman–Crippen LogP) is 2.51. The summed E-state index contributed by atoms with van der Waals surface area (Å²) < 4.78 is 18.6. The van der Waals surface area contributed by atoms with Crippen molar-refractivity contribution in [2.45, 2.75) is 12.8 Å². The molecule has 1 N–H and O–H groups in total. The van der Waals surface area contributed by atoms with Gasteiger partial charge in [-0.2, -0.15) is 0 Å². The molecule has 0 fully saturated rings. The highest BCUT2D eigenvalue weighted by Crippen LogP contribution is 2.26. The van der Waals surface area contributed by atoms with E-state index >= 15 is 0 Å². The van der Waals surface area contributed by atoms with Gasteiger partial charge >= 0.3 is 0 Å². The summed E-state index contributed by atoms with van der Waals surface area (Å²) in [6, 6.07) is 6.65. The van der Waals surface area contributed by atoms with Gasteiger partial charge in [0.25, 0.3) is 0 Å². The molecule has 0 saturated carbocycles. The number of nitrogens with zero attached hydrogens (tertiary/aromatic N) is 2. The number of aromatic nitrogens is 2. The summed E-state index contributed by atoms with van der Waals surface area (Å²) >= 11 is 1.45. The number of hydrogen-bond donors (Lipinski definition) is 1. The van der Waals surface area contributed by atoms with Crippen LogP contribution in [0.5, 0.6) is 0 Å². The van der Waals surface area contributed by atoms with Crippen molar-refractivity contribution in [3.8, 4) is 10.6 Å². The standard InChI is InChI=1S/C14H18FN3OS/c1-19-10-9-16-8-4-7-13-17-18-14(20-13)11-5-2-3-6-12(11)15/h2-3,5-6,16H,4,7-10H2,1H3. The normalized spacial score (nSPS) is 10.9. The summed E-state index contributed by atoms with van der Waals surface area (Å²) in [5.41, 5.74) is 0.523. The van der Waals surface area contributed by atoms with E-state index in [0.717, 1.165) is 37.5 Å². The maximum atomic E-state index is 13.6. The molecule has 0 atom stereocenters. The smallest absolute Gasteiger partial charge is 0.150 e. The number of nitrogens with one attached hydrogen (secondary N) is 1. The zero-order chi connectivity index (χ0) is 14.2. The zero-order valence-corrected chi connectivity index (χ0v) is 12.3. The number of methoxy groups -OCH3 is 1. The van der Waals surface area contributed by atoms with Gasteiger partial charge in [0, 0.05) is 25.6 Å². The lowest BCUT2D eigenvalue weighted by Crippen LogP contribution is -2.20. The SMILES string of the molecule is COCCNCCCc1nnc(-c2ccccc2F)s1. The Hall–Kier alpha value is -1.37. The average molecular weight is 295 g/mol. The van der Waals surface area contributed by atoms with Gasteiger partial charge < -0.3 is 10.1 Å². The van der Waals surface area contributed by atoms with Crippen LogP contribution in [0.25, 0.3) is 10.6 Å². The summed E-state index contributed by atoms with van der Waals surface area (Å²) in [4.78, 5) is 0. The first-order chi connectivity index (χ1) is 9.81. The Kier molecular flexibility index (Phi) is 6.04. The molecule has 1 aromatic carbocycles. The van der Waals surface area contributed by atoms with Gasteiger partial charge in [0.2, 0.25) is 0 Å². The van der Waals surface area contributed by atoms with E-state index in [-0.39, 0.29) is 5.82 Å². The van der Waals surface area contributed by atoms with Crippen LogP contribution in [0.15, 0.2) is 24.3 Å². The van der Waals surface area contributed by atoms with Gasteiger partial charge in [0.05, 0.1) is 6.61 Å². The highest BCUT2D eigenvalue weighted by Gasteiger charge is 2.10. The summed E-state index contributed by atoms with van der Waals surface area (Å²) in [6.07, 6.45) is 1.84. The van der Waals surface area contributed by atoms with Crippen LogP contribution in [0.2, 0.25) is 0 Å². The van der Waals surface area contributed by atoms with E-state index in [9.17, 15) is 4.39 Å². The molecule has 1 aromatic heterocycles. The Bertz CT molecular complexity index is 533.